The lowest BCUT2D eigenvalue weighted by atomic mass is 9.84. The van der Waals surface area contributed by atoms with E-state index in [4.69, 9.17) is 10.5 Å². The highest BCUT2D eigenvalue weighted by molar-refractivity contribution is 5.76. The number of hydrogen-bond acceptors (Lipinski definition) is 3. The molecule has 2 rings (SSSR count). The van der Waals surface area contributed by atoms with E-state index in [1.807, 2.05) is 26.0 Å². The van der Waals surface area contributed by atoms with Crippen LogP contribution in [0.1, 0.15) is 43.2 Å². The Hall–Kier alpha value is -1.55. The van der Waals surface area contributed by atoms with Crippen LogP contribution >= 0.6 is 0 Å². The van der Waals surface area contributed by atoms with Crippen LogP contribution < -0.4 is 15.8 Å². The molecule has 1 fully saturated rings. The van der Waals surface area contributed by atoms with Crippen LogP contribution in [0.15, 0.2) is 18.2 Å². The van der Waals surface area contributed by atoms with Gasteiger partial charge in [0.1, 0.15) is 5.75 Å². The second-order valence-electron chi connectivity index (χ2n) is 6.32. The second-order valence-corrected chi connectivity index (χ2v) is 6.32. The maximum absolute atomic E-state index is 12.1. The molecule has 1 aromatic rings. The van der Waals surface area contributed by atoms with Crippen molar-refractivity contribution in [1.82, 2.24) is 5.32 Å². The molecule has 0 aromatic heterocycles. The summed E-state index contributed by atoms with van der Waals surface area (Å²) in [7, 11) is 0. The quantitative estimate of drug-likeness (QED) is 0.849. The van der Waals surface area contributed by atoms with Gasteiger partial charge in [0.25, 0.3) is 0 Å². The van der Waals surface area contributed by atoms with E-state index >= 15 is 0 Å². The lowest BCUT2D eigenvalue weighted by Gasteiger charge is -2.31. The van der Waals surface area contributed by atoms with Crippen molar-refractivity contribution in [3.63, 3.8) is 0 Å². The normalized spacial score (nSPS) is 21.4. The van der Waals surface area contributed by atoms with E-state index < -0.39 is 0 Å². The van der Waals surface area contributed by atoms with Crippen LogP contribution in [-0.4, -0.2) is 25.1 Å². The maximum Gasteiger partial charge on any atom is 0.223 e. The zero-order valence-corrected chi connectivity index (χ0v) is 13.7. The summed E-state index contributed by atoms with van der Waals surface area (Å²) in [6.07, 6.45) is 4.97. The van der Waals surface area contributed by atoms with Gasteiger partial charge in [-0.3, -0.25) is 4.79 Å². The number of carbonyl (C=O) groups is 1. The minimum absolute atomic E-state index is 0.0654. The Bertz CT molecular complexity index is 502. The number of nitrogens with one attached hydrogen (secondary N) is 1. The van der Waals surface area contributed by atoms with E-state index in [2.05, 4.69) is 11.4 Å². The zero-order valence-electron chi connectivity index (χ0n) is 13.7. The van der Waals surface area contributed by atoms with E-state index in [-0.39, 0.29) is 11.9 Å². The Kier molecular flexibility index (Phi) is 6.25. The molecule has 2 unspecified atom stereocenters. The summed E-state index contributed by atoms with van der Waals surface area (Å²) in [5, 5.41) is 3.13. The molecule has 4 nitrogen and oxygen atoms in total. The van der Waals surface area contributed by atoms with Crippen molar-refractivity contribution in [2.45, 2.75) is 52.0 Å². The highest BCUT2D eigenvalue weighted by atomic mass is 16.5. The zero-order chi connectivity index (χ0) is 15.9. The van der Waals surface area contributed by atoms with Gasteiger partial charge in [-0.15, -0.1) is 0 Å². The summed E-state index contributed by atoms with van der Waals surface area (Å²) in [5.74, 6) is 1.36. The molecule has 0 bridgehead atoms. The molecule has 0 aliphatic heterocycles. The Morgan fingerprint density at radius 3 is 2.86 bits per heavy atom. The van der Waals surface area contributed by atoms with Gasteiger partial charge >= 0.3 is 0 Å². The fourth-order valence-corrected chi connectivity index (χ4v) is 3.08. The van der Waals surface area contributed by atoms with Crippen molar-refractivity contribution in [3.05, 3.63) is 29.3 Å². The molecular formula is C18H28N2O2. The topological polar surface area (TPSA) is 64.3 Å². The molecule has 1 aliphatic rings. The smallest absolute Gasteiger partial charge is 0.223 e. The van der Waals surface area contributed by atoms with E-state index in [0.29, 0.717) is 25.5 Å². The predicted molar refractivity (Wildman–Crippen MR) is 89.0 cm³/mol. The molecule has 0 spiro atoms. The fraction of sp³-hybridized carbons (Fsp3) is 0.611. The van der Waals surface area contributed by atoms with Crippen LogP contribution in [0, 0.1) is 19.8 Å². The molecule has 1 saturated carbocycles. The highest BCUT2D eigenvalue weighted by Crippen LogP contribution is 2.23. The lowest BCUT2D eigenvalue weighted by Crippen LogP contribution is -2.45. The molecule has 1 amide bonds. The minimum atomic E-state index is 0.0654. The minimum Gasteiger partial charge on any atom is -0.493 e. The third-order valence-electron chi connectivity index (χ3n) is 4.49. The lowest BCUT2D eigenvalue weighted by molar-refractivity contribution is -0.122. The van der Waals surface area contributed by atoms with Crippen molar-refractivity contribution in [2.24, 2.45) is 11.7 Å². The van der Waals surface area contributed by atoms with Crippen molar-refractivity contribution in [3.8, 4) is 5.75 Å². The molecule has 22 heavy (non-hydrogen) atoms. The number of carbonyl (C=O) groups excluding carboxylic acids is 1. The summed E-state index contributed by atoms with van der Waals surface area (Å²) in [6, 6.07) is 6.36. The number of amides is 1. The Balaban J connectivity index is 1.76. The van der Waals surface area contributed by atoms with Crippen LogP contribution in [0.4, 0.5) is 0 Å². The molecule has 122 valence electrons. The Morgan fingerprint density at radius 2 is 2.09 bits per heavy atom. The number of benzene rings is 1. The average molecular weight is 304 g/mol. The van der Waals surface area contributed by atoms with Gasteiger partial charge in [0.05, 0.1) is 13.0 Å². The third-order valence-corrected chi connectivity index (χ3v) is 4.49. The molecule has 2 atom stereocenters. The fourth-order valence-electron chi connectivity index (χ4n) is 3.08. The second kappa shape index (κ2) is 8.18. The maximum atomic E-state index is 12.1. The van der Waals surface area contributed by atoms with Gasteiger partial charge in [-0.05, 0) is 56.3 Å². The van der Waals surface area contributed by atoms with Gasteiger partial charge in [-0.1, -0.05) is 25.0 Å². The highest BCUT2D eigenvalue weighted by Gasteiger charge is 2.25. The molecule has 1 aliphatic carbocycles. The molecule has 1 aromatic carbocycles. The molecule has 4 heteroatoms. The first-order valence-corrected chi connectivity index (χ1v) is 8.29. The predicted octanol–water partition coefficient (Wildman–Crippen LogP) is 2.71. The first kappa shape index (κ1) is 16.8. The third kappa shape index (κ3) is 4.73. The largest absolute Gasteiger partial charge is 0.493 e. The van der Waals surface area contributed by atoms with Gasteiger partial charge < -0.3 is 15.8 Å². The molecular weight excluding hydrogens is 276 g/mol. The number of aryl methyl sites for hydroxylation is 2. The summed E-state index contributed by atoms with van der Waals surface area (Å²) in [5.41, 5.74) is 8.06. The van der Waals surface area contributed by atoms with E-state index in [9.17, 15) is 4.79 Å². The van der Waals surface area contributed by atoms with Crippen LogP contribution in [0.2, 0.25) is 0 Å². The van der Waals surface area contributed by atoms with Crippen molar-refractivity contribution >= 4 is 5.91 Å². The summed E-state index contributed by atoms with van der Waals surface area (Å²) in [4.78, 5) is 12.1. The van der Waals surface area contributed by atoms with E-state index in [1.54, 1.807) is 0 Å². The monoisotopic (exact) mass is 304 g/mol. The first-order valence-electron chi connectivity index (χ1n) is 8.29. The van der Waals surface area contributed by atoms with Gasteiger partial charge in [0.2, 0.25) is 5.91 Å². The summed E-state index contributed by atoms with van der Waals surface area (Å²) in [6.45, 7) is 5.12. The van der Waals surface area contributed by atoms with Gasteiger partial charge in [0, 0.05) is 6.04 Å². The van der Waals surface area contributed by atoms with E-state index in [1.165, 1.54) is 12.8 Å². The number of rotatable bonds is 6. The molecule has 0 radical (unpaired) electrons. The van der Waals surface area contributed by atoms with Crippen molar-refractivity contribution < 1.29 is 9.53 Å². The van der Waals surface area contributed by atoms with Crippen molar-refractivity contribution in [2.75, 3.05) is 13.2 Å². The average Bonchev–Trinajstić information content (AvgIpc) is 2.51. The van der Waals surface area contributed by atoms with Crippen molar-refractivity contribution in [1.29, 1.82) is 0 Å². The molecule has 0 heterocycles. The van der Waals surface area contributed by atoms with Crippen LogP contribution in [0.5, 0.6) is 5.75 Å². The van der Waals surface area contributed by atoms with Gasteiger partial charge in [-0.25, -0.2) is 0 Å². The van der Waals surface area contributed by atoms with Crippen LogP contribution in [-0.2, 0) is 4.79 Å². The SMILES string of the molecule is Cc1ccc(C)c(OCCC(=O)NC2CCCCC2CN)c1. The van der Waals surface area contributed by atoms with Crippen LogP contribution in [0.3, 0.4) is 0 Å². The molecule has 3 N–H and O–H groups in total. The first-order chi connectivity index (χ1) is 10.6. The standard InChI is InChI=1S/C18H28N2O2/c1-13-7-8-14(2)17(11-13)22-10-9-18(21)20-16-6-4-3-5-15(16)12-19/h7-8,11,15-16H,3-6,9-10,12,19H2,1-2H3,(H,20,21). The number of hydrogen-bond donors (Lipinski definition) is 2. The molecule has 0 saturated heterocycles. The number of nitrogens with two attached hydrogens (primary N) is 1. The van der Waals surface area contributed by atoms with E-state index in [0.717, 1.165) is 29.7 Å². The summed E-state index contributed by atoms with van der Waals surface area (Å²) >= 11 is 0. The Morgan fingerprint density at radius 1 is 1.32 bits per heavy atom. The van der Waals surface area contributed by atoms with Gasteiger partial charge in [-0.2, -0.15) is 0 Å². The number of ether oxygens (including phenoxy) is 1. The van der Waals surface area contributed by atoms with Gasteiger partial charge in [0.15, 0.2) is 0 Å². The van der Waals surface area contributed by atoms with Crippen LogP contribution in [0.25, 0.3) is 0 Å². The Labute approximate surface area is 133 Å². The summed E-state index contributed by atoms with van der Waals surface area (Å²) < 4.78 is 5.75.